The van der Waals surface area contributed by atoms with Crippen molar-refractivity contribution in [2.24, 2.45) is 0 Å². The molecule has 1 atom stereocenters. The van der Waals surface area contributed by atoms with E-state index < -0.39 is 22.0 Å². The van der Waals surface area contributed by atoms with E-state index in [2.05, 4.69) is 4.98 Å². The third-order valence-corrected chi connectivity index (χ3v) is 4.91. The average molecular weight is 286 g/mol. The van der Waals surface area contributed by atoms with Gasteiger partial charge in [-0.25, -0.2) is 13.4 Å². The molecule has 104 valence electrons. The number of carboxylic acid groups (broad SMARTS) is 1. The largest absolute Gasteiger partial charge is 0.481 e. The fourth-order valence-electron chi connectivity index (χ4n) is 2.05. The van der Waals surface area contributed by atoms with Crippen molar-refractivity contribution in [3.8, 4) is 5.88 Å². The summed E-state index contributed by atoms with van der Waals surface area (Å²) in [5.41, 5.74) is 0. The molecule has 1 aromatic heterocycles. The molecule has 0 bridgehead atoms. The number of aromatic nitrogens is 1. The van der Waals surface area contributed by atoms with Crippen LogP contribution in [0.1, 0.15) is 12.8 Å². The molecule has 2 rings (SSSR count). The Balaban J connectivity index is 2.33. The van der Waals surface area contributed by atoms with E-state index in [1.807, 2.05) is 0 Å². The quantitative estimate of drug-likeness (QED) is 0.856. The van der Waals surface area contributed by atoms with Gasteiger partial charge in [0.2, 0.25) is 15.9 Å². The van der Waals surface area contributed by atoms with E-state index in [0.29, 0.717) is 18.7 Å². The van der Waals surface area contributed by atoms with Gasteiger partial charge >= 0.3 is 5.97 Å². The zero-order valence-electron chi connectivity index (χ0n) is 10.3. The first-order chi connectivity index (χ1) is 8.96. The second-order valence-electron chi connectivity index (χ2n) is 4.15. The molecule has 0 saturated carbocycles. The van der Waals surface area contributed by atoms with Crippen molar-refractivity contribution in [3.63, 3.8) is 0 Å². The molecule has 1 fully saturated rings. The van der Waals surface area contributed by atoms with Crippen molar-refractivity contribution in [2.45, 2.75) is 23.8 Å². The van der Waals surface area contributed by atoms with Gasteiger partial charge in [-0.2, -0.15) is 4.31 Å². The molecule has 1 aliphatic rings. The van der Waals surface area contributed by atoms with E-state index in [9.17, 15) is 13.2 Å². The monoisotopic (exact) mass is 286 g/mol. The molecular weight excluding hydrogens is 272 g/mol. The highest BCUT2D eigenvalue weighted by Crippen LogP contribution is 2.26. The molecule has 19 heavy (non-hydrogen) atoms. The van der Waals surface area contributed by atoms with Crippen LogP contribution in [-0.2, 0) is 14.8 Å². The van der Waals surface area contributed by atoms with Gasteiger partial charge in [0.25, 0.3) is 0 Å². The minimum atomic E-state index is -3.82. The van der Waals surface area contributed by atoms with Gasteiger partial charge < -0.3 is 9.84 Å². The summed E-state index contributed by atoms with van der Waals surface area (Å²) in [5.74, 6) is -0.822. The lowest BCUT2D eigenvalue weighted by Gasteiger charge is -2.20. The van der Waals surface area contributed by atoms with Crippen LogP contribution in [0, 0.1) is 0 Å². The summed E-state index contributed by atoms with van der Waals surface area (Å²) in [6.07, 6.45) is 2.04. The Morgan fingerprint density at radius 1 is 1.53 bits per heavy atom. The number of rotatable bonds is 4. The molecule has 0 unspecified atom stereocenters. The maximum atomic E-state index is 12.3. The van der Waals surface area contributed by atoms with Crippen LogP contribution in [0.3, 0.4) is 0 Å². The molecular formula is C11H14N2O5S. The molecule has 8 heteroatoms. The minimum absolute atomic E-state index is 0.0264. The van der Waals surface area contributed by atoms with E-state index in [1.54, 1.807) is 0 Å². The fourth-order valence-corrected chi connectivity index (χ4v) is 3.65. The Labute approximate surface area is 110 Å². The molecule has 0 aliphatic carbocycles. The molecule has 2 heterocycles. The maximum absolute atomic E-state index is 12.3. The third-order valence-electron chi connectivity index (χ3n) is 3.01. The topological polar surface area (TPSA) is 96.8 Å². The Bertz CT molecular complexity index is 569. The van der Waals surface area contributed by atoms with Crippen LogP contribution in [0.5, 0.6) is 5.88 Å². The van der Waals surface area contributed by atoms with E-state index in [-0.39, 0.29) is 11.4 Å². The average Bonchev–Trinajstić information content (AvgIpc) is 2.89. The molecule has 0 aromatic carbocycles. The number of sulfonamides is 1. The van der Waals surface area contributed by atoms with Gasteiger partial charge in [-0.05, 0) is 18.9 Å². The number of methoxy groups -OCH3 is 1. The fraction of sp³-hybridized carbons (Fsp3) is 0.455. The first-order valence-electron chi connectivity index (χ1n) is 5.71. The summed E-state index contributed by atoms with van der Waals surface area (Å²) in [6.45, 7) is 0.214. The molecule has 0 amide bonds. The summed E-state index contributed by atoms with van der Waals surface area (Å²) in [5, 5.41) is 9.03. The Morgan fingerprint density at radius 3 is 2.79 bits per heavy atom. The second-order valence-corrected chi connectivity index (χ2v) is 6.04. The molecule has 7 nitrogen and oxygen atoms in total. The number of carboxylic acids is 1. The van der Waals surface area contributed by atoms with Crippen LogP contribution in [0.15, 0.2) is 23.2 Å². The zero-order chi connectivity index (χ0) is 14.0. The lowest BCUT2D eigenvalue weighted by atomic mass is 10.2. The van der Waals surface area contributed by atoms with Gasteiger partial charge in [-0.3, -0.25) is 4.79 Å². The summed E-state index contributed by atoms with van der Waals surface area (Å²) in [7, 11) is -2.40. The van der Waals surface area contributed by atoms with Gasteiger partial charge in [0.05, 0.1) is 13.3 Å². The number of pyridine rings is 1. The standard InChI is InChI=1S/C11H14N2O5S/c1-18-10-5-4-8(7-12-10)19(16,17)13-6-2-3-9(13)11(14)15/h4-5,7,9H,2-3,6H2,1H3,(H,14,15)/t9-/m0/s1. The van der Waals surface area contributed by atoms with Crippen molar-refractivity contribution in [2.75, 3.05) is 13.7 Å². The number of ether oxygens (including phenoxy) is 1. The highest BCUT2D eigenvalue weighted by Gasteiger charge is 2.39. The SMILES string of the molecule is COc1ccc(S(=O)(=O)N2CCC[C@H]2C(=O)O)cn1. The predicted octanol–water partition coefficient (Wildman–Crippen LogP) is 0.328. The van der Waals surface area contributed by atoms with Crippen molar-refractivity contribution in [3.05, 3.63) is 18.3 Å². The van der Waals surface area contributed by atoms with Crippen LogP contribution in [-0.4, -0.2) is 48.5 Å². The highest BCUT2D eigenvalue weighted by molar-refractivity contribution is 7.89. The maximum Gasteiger partial charge on any atom is 0.322 e. The summed E-state index contributed by atoms with van der Waals surface area (Å²) in [6, 6.07) is 1.80. The van der Waals surface area contributed by atoms with Gasteiger partial charge in [0.15, 0.2) is 0 Å². The van der Waals surface area contributed by atoms with Gasteiger partial charge in [0.1, 0.15) is 10.9 Å². The number of carbonyl (C=O) groups is 1. The van der Waals surface area contributed by atoms with Gasteiger partial charge in [0, 0.05) is 12.6 Å². The lowest BCUT2D eigenvalue weighted by molar-refractivity contribution is -0.140. The minimum Gasteiger partial charge on any atom is -0.481 e. The van der Waals surface area contributed by atoms with Crippen molar-refractivity contribution in [1.82, 2.24) is 9.29 Å². The Kier molecular flexibility index (Phi) is 3.72. The molecule has 0 spiro atoms. The normalized spacial score (nSPS) is 20.4. The number of aliphatic carboxylic acids is 1. The van der Waals surface area contributed by atoms with Gasteiger partial charge in [-0.1, -0.05) is 0 Å². The lowest BCUT2D eigenvalue weighted by Crippen LogP contribution is -2.40. The van der Waals surface area contributed by atoms with Crippen molar-refractivity contribution >= 4 is 16.0 Å². The first-order valence-corrected chi connectivity index (χ1v) is 7.15. The highest BCUT2D eigenvalue weighted by atomic mass is 32.2. The van der Waals surface area contributed by atoms with Crippen LogP contribution >= 0.6 is 0 Å². The van der Waals surface area contributed by atoms with E-state index in [4.69, 9.17) is 9.84 Å². The Hall–Kier alpha value is -1.67. The first kappa shape index (κ1) is 13.8. The molecule has 0 radical (unpaired) electrons. The summed E-state index contributed by atoms with van der Waals surface area (Å²) < 4.78 is 30.5. The van der Waals surface area contributed by atoms with Crippen molar-refractivity contribution in [1.29, 1.82) is 0 Å². The number of nitrogens with zero attached hydrogens (tertiary/aromatic N) is 2. The van der Waals surface area contributed by atoms with Crippen LogP contribution in [0.25, 0.3) is 0 Å². The zero-order valence-corrected chi connectivity index (χ0v) is 11.1. The predicted molar refractivity (Wildman–Crippen MR) is 65.3 cm³/mol. The van der Waals surface area contributed by atoms with E-state index >= 15 is 0 Å². The van der Waals surface area contributed by atoms with E-state index in [1.165, 1.54) is 25.4 Å². The van der Waals surface area contributed by atoms with E-state index in [0.717, 1.165) is 4.31 Å². The van der Waals surface area contributed by atoms with Crippen LogP contribution in [0.2, 0.25) is 0 Å². The molecule has 1 aromatic rings. The van der Waals surface area contributed by atoms with Crippen LogP contribution < -0.4 is 4.74 Å². The second kappa shape index (κ2) is 5.14. The number of hydrogen-bond acceptors (Lipinski definition) is 5. The van der Waals surface area contributed by atoms with Gasteiger partial charge in [-0.15, -0.1) is 0 Å². The summed E-state index contributed by atoms with van der Waals surface area (Å²) in [4.78, 5) is 14.9. The molecule has 1 saturated heterocycles. The summed E-state index contributed by atoms with van der Waals surface area (Å²) >= 11 is 0. The number of hydrogen-bond donors (Lipinski definition) is 1. The molecule has 1 aliphatic heterocycles. The Morgan fingerprint density at radius 2 is 2.26 bits per heavy atom. The van der Waals surface area contributed by atoms with Crippen LogP contribution in [0.4, 0.5) is 0 Å². The molecule has 1 N–H and O–H groups in total. The smallest absolute Gasteiger partial charge is 0.322 e. The third kappa shape index (κ3) is 2.54. The van der Waals surface area contributed by atoms with Crippen molar-refractivity contribution < 1.29 is 23.1 Å².